The standard InChI is InChI=1S/C23H31N4O2S.C10H13O.2ClH.Ru/c1-14-7-16(3)22(17(4)8-14)26-13-27(23-18(5)9-15(2)10-19(23)6)21-12-25-30(28,29)24-11-20(21)26;1-8(2)11-10-7-5-4-6-9(10)3;;;/h7-10,13,20-21,24-25H,11-12H2,1-6H3;4-8H,3H2,1-2H3;2*1H;/q2*-1;;;+2/p-1/t20-,21-;;;;/m1..../s1. The van der Waals surface area contributed by atoms with E-state index < -0.39 is 10.2 Å². The molecule has 0 radical (unpaired) electrons. The van der Waals surface area contributed by atoms with Gasteiger partial charge in [0.2, 0.25) is 0 Å². The van der Waals surface area contributed by atoms with Crippen molar-refractivity contribution in [3.05, 3.63) is 101 Å². The van der Waals surface area contributed by atoms with Gasteiger partial charge in [-0.2, -0.15) is 28.1 Å². The maximum Gasteiger partial charge on any atom is 2.00 e. The molecule has 3 aromatic carbocycles. The van der Waals surface area contributed by atoms with E-state index in [2.05, 4.69) is 117 Å². The fourth-order valence-electron chi connectivity index (χ4n) is 6.11. The second-order valence-electron chi connectivity index (χ2n) is 11.6. The predicted octanol–water partition coefficient (Wildman–Crippen LogP) is -0.318. The van der Waals surface area contributed by atoms with Crippen LogP contribution >= 0.6 is 0 Å². The monoisotopic (exact) mass is 749 g/mol. The van der Waals surface area contributed by atoms with Gasteiger partial charge in [-0.1, -0.05) is 41.5 Å². The van der Waals surface area contributed by atoms with Gasteiger partial charge < -0.3 is 39.4 Å². The molecule has 2 aliphatic rings. The molecule has 0 unspecified atom stereocenters. The molecule has 2 atom stereocenters. The molecular weight excluding hydrogens is 704 g/mol. The molecule has 2 saturated heterocycles. The van der Waals surface area contributed by atoms with Crippen LogP contribution in [0, 0.1) is 55.1 Å². The van der Waals surface area contributed by atoms with E-state index in [9.17, 15) is 8.42 Å². The Hall–Kier alpha value is -2.00. The fourth-order valence-corrected chi connectivity index (χ4v) is 6.99. The zero-order valence-electron chi connectivity index (χ0n) is 26.7. The van der Waals surface area contributed by atoms with Gasteiger partial charge in [0, 0.05) is 50.4 Å². The number of para-hydroxylation sites is 1. The van der Waals surface area contributed by atoms with Crippen LogP contribution in [0.2, 0.25) is 0 Å². The van der Waals surface area contributed by atoms with Crippen LogP contribution in [0.4, 0.5) is 11.4 Å². The number of halogens is 2. The Morgan fingerprint density at radius 3 is 1.55 bits per heavy atom. The van der Waals surface area contributed by atoms with Crippen LogP contribution in [0.1, 0.15) is 52.8 Å². The quantitative estimate of drug-likeness (QED) is 0.218. The molecular formula is C33H45Cl2N4O3RuS-. The van der Waals surface area contributed by atoms with Crippen molar-refractivity contribution in [2.75, 3.05) is 22.9 Å². The summed E-state index contributed by atoms with van der Waals surface area (Å²) < 4.78 is 34.4. The zero-order chi connectivity index (χ0) is 30.1. The number of nitrogens with zero attached hydrogens (tertiary/aromatic N) is 2. The van der Waals surface area contributed by atoms with Crippen LogP contribution in [0.3, 0.4) is 0 Å². The molecule has 2 aliphatic heterocycles. The summed E-state index contributed by atoms with van der Waals surface area (Å²) in [5.41, 5.74) is 10.6. The molecule has 0 saturated carbocycles. The van der Waals surface area contributed by atoms with Gasteiger partial charge in [0.25, 0.3) is 10.2 Å². The smallest absolute Gasteiger partial charge is 1.00 e. The molecule has 0 spiro atoms. The van der Waals surface area contributed by atoms with Crippen molar-refractivity contribution < 1.29 is 57.4 Å². The third-order valence-electron chi connectivity index (χ3n) is 7.55. The van der Waals surface area contributed by atoms with Gasteiger partial charge >= 0.3 is 19.5 Å². The minimum absolute atomic E-state index is 0. The van der Waals surface area contributed by atoms with E-state index in [0.717, 1.165) is 22.7 Å². The Bertz CT molecular complexity index is 1400. The summed E-state index contributed by atoms with van der Waals surface area (Å²) in [5.74, 6) is 1.00. The fraction of sp³-hybridized carbons (Fsp3) is 0.394. The van der Waals surface area contributed by atoms with Gasteiger partial charge in [-0.15, -0.1) is 11.6 Å². The maximum atomic E-state index is 12.3. The Morgan fingerprint density at radius 1 is 0.795 bits per heavy atom. The second kappa shape index (κ2) is 16.5. The van der Waals surface area contributed by atoms with Gasteiger partial charge in [0.05, 0.1) is 0 Å². The number of fused-ring (bicyclic) bond motifs is 1. The molecule has 3 N–H and O–H groups in total. The number of rotatable bonds is 4. The first-order chi connectivity index (χ1) is 19.3. The minimum atomic E-state index is -3.49. The molecule has 0 bridgehead atoms. The molecule has 0 amide bonds. The van der Waals surface area contributed by atoms with Crippen LogP contribution in [-0.2, 0) is 29.7 Å². The topological polar surface area (TPSA) is 77.5 Å². The van der Waals surface area contributed by atoms with Gasteiger partial charge in [-0.3, -0.25) is 0 Å². The number of ether oxygens (including phenoxy) is 1. The first kappa shape index (κ1) is 40.0. The molecule has 2 fully saturated rings. The van der Waals surface area contributed by atoms with Crippen molar-refractivity contribution in [3.63, 3.8) is 0 Å². The Kier molecular flexibility index (Phi) is 15.0. The summed E-state index contributed by atoms with van der Waals surface area (Å²) in [5, 5.41) is 0. The molecule has 11 heteroatoms. The molecule has 0 aliphatic carbocycles. The van der Waals surface area contributed by atoms with Crippen molar-refractivity contribution in [3.8, 4) is 5.75 Å². The van der Waals surface area contributed by atoms with Crippen LogP contribution < -0.4 is 44.1 Å². The molecule has 5 rings (SSSR count). The number of anilines is 2. The molecule has 3 aromatic rings. The molecule has 0 aromatic heterocycles. The van der Waals surface area contributed by atoms with E-state index in [4.69, 9.17) is 0 Å². The summed E-state index contributed by atoms with van der Waals surface area (Å²) in [7, 11) is -3.49. The van der Waals surface area contributed by atoms with Crippen molar-refractivity contribution in [2.24, 2.45) is 0 Å². The first-order valence-corrected chi connectivity index (χ1v) is 15.7. The minimum Gasteiger partial charge on any atom is -1.00 e. The average molecular weight is 750 g/mol. The van der Waals surface area contributed by atoms with Gasteiger partial charge in [-0.25, -0.2) is 9.44 Å². The summed E-state index contributed by atoms with van der Waals surface area (Å²) in [4.78, 5) is 4.53. The van der Waals surface area contributed by atoms with Crippen molar-refractivity contribution in [1.82, 2.24) is 9.44 Å². The molecule has 2 heterocycles. The van der Waals surface area contributed by atoms with Crippen molar-refractivity contribution in [1.29, 1.82) is 0 Å². The van der Waals surface area contributed by atoms with E-state index >= 15 is 0 Å². The number of nitrogens with one attached hydrogen (secondary N) is 2. The number of aliphatic hydroxyl groups is 1. The van der Waals surface area contributed by atoms with Gasteiger partial charge in [0.15, 0.2) is 11.9 Å². The molecule has 244 valence electrons. The third kappa shape index (κ3) is 9.27. The Labute approximate surface area is 290 Å². The largest absolute Gasteiger partial charge is 2.00 e. The number of aromatic hydroxyl groups is 1. The summed E-state index contributed by atoms with van der Waals surface area (Å²) >= 11 is 0. The maximum absolute atomic E-state index is 12.3. The van der Waals surface area contributed by atoms with Crippen molar-refractivity contribution in [2.45, 2.75) is 73.6 Å². The van der Waals surface area contributed by atoms with Gasteiger partial charge in [0.1, 0.15) is 0 Å². The van der Waals surface area contributed by atoms with Crippen LogP contribution in [0.25, 0.3) is 0 Å². The van der Waals surface area contributed by atoms with E-state index in [0.29, 0.717) is 19.2 Å². The number of hydrogen-bond donors (Lipinski definition) is 2. The molecule has 7 nitrogen and oxygen atoms in total. The van der Waals surface area contributed by atoms with E-state index in [1.54, 1.807) is 0 Å². The summed E-state index contributed by atoms with van der Waals surface area (Å²) in [6.45, 7) is 23.6. The van der Waals surface area contributed by atoms with Crippen LogP contribution in [-0.4, -0.2) is 44.4 Å². The summed E-state index contributed by atoms with van der Waals surface area (Å²) in [6.07, 6.45) is 0.345. The Balaban J connectivity index is 0.000000592. The normalized spacial score (nSPS) is 18.5. The average Bonchev–Trinajstić information content (AvgIpc) is 3.10. The first-order valence-electron chi connectivity index (χ1n) is 14.2. The molecule has 44 heavy (non-hydrogen) atoms. The van der Waals surface area contributed by atoms with E-state index in [-0.39, 0.29) is 56.4 Å². The zero-order valence-corrected chi connectivity index (χ0v) is 30.8. The number of hydrogen-bond acceptors (Lipinski definition) is 4. The van der Waals surface area contributed by atoms with Crippen LogP contribution in [0.5, 0.6) is 5.75 Å². The van der Waals surface area contributed by atoms with Gasteiger partial charge in [-0.05, 0) is 69.9 Å². The van der Waals surface area contributed by atoms with Crippen LogP contribution in [0.15, 0.2) is 48.5 Å². The Morgan fingerprint density at radius 2 is 1.18 bits per heavy atom. The van der Waals surface area contributed by atoms with Crippen molar-refractivity contribution >= 4 is 21.6 Å². The summed E-state index contributed by atoms with van der Waals surface area (Å²) in [6, 6.07) is 16.6. The van der Waals surface area contributed by atoms with E-state index in [1.165, 1.54) is 33.4 Å². The third-order valence-corrected chi connectivity index (χ3v) is 8.64. The predicted molar refractivity (Wildman–Crippen MR) is 171 cm³/mol. The SMILES string of the molecule is Cc1cc(C)c(N2[CH-]N(c3c(C)cc(C)cc3C)[C@@H]3CNS(=O)(=O)NC[C@H]32)c(C)c1.[CH2-]c1ccccc1[OH+]C(C)C.[Cl-].[Cl-].[Ru+2]. The number of aryl methyl sites for hydroxylation is 6. The number of benzene rings is 3. The second-order valence-corrected chi connectivity index (χ2v) is 13.2. The van der Waals surface area contributed by atoms with E-state index in [1.807, 2.05) is 24.3 Å².